The van der Waals surface area contributed by atoms with Gasteiger partial charge in [0.25, 0.3) is 5.91 Å². The highest BCUT2D eigenvalue weighted by Crippen LogP contribution is 2.35. The minimum Gasteiger partial charge on any atom is -0.383 e. The molecule has 1 aliphatic carbocycles. The molecule has 1 saturated carbocycles. The predicted octanol–water partition coefficient (Wildman–Crippen LogP) is 3.48. The van der Waals surface area contributed by atoms with E-state index in [1.807, 2.05) is 0 Å². The molecule has 1 aromatic rings. The average Bonchev–Trinajstić information content (AvgIpc) is 3.26. The zero-order valence-electron chi connectivity index (χ0n) is 11.7. The van der Waals surface area contributed by atoms with Crippen molar-refractivity contribution in [2.75, 3.05) is 20.3 Å². The third-order valence-corrected chi connectivity index (χ3v) is 4.40. The lowest BCUT2D eigenvalue weighted by Crippen LogP contribution is -2.42. The monoisotopic (exact) mass is 343 g/mol. The van der Waals surface area contributed by atoms with Gasteiger partial charge in [-0.2, -0.15) is 0 Å². The van der Waals surface area contributed by atoms with Crippen molar-refractivity contribution in [1.29, 1.82) is 0 Å². The summed E-state index contributed by atoms with van der Waals surface area (Å²) in [6.07, 6.45) is 2.32. The van der Waals surface area contributed by atoms with E-state index in [0.29, 0.717) is 29.1 Å². The first kappa shape index (κ1) is 15.4. The van der Waals surface area contributed by atoms with Gasteiger partial charge in [-0.05, 0) is 59.8 Å². The van der Waals surface area contributed by atoms with Crippen molar-refractivity contribution < 1.29 is 13.9 Å². The molecule has 5 heteroatoms. The molecule has 0 bridgehead atoms. The van der Waals surface area contributed by atoms with E-state index >= 15 is 0 Å². The predicted molar refractivity (Wildman–Crippen MR) is 79.2 cm³/mol. The Bertz CT molecular complexity index is 491. The summed E-state index contributed by atoms with van der Waals surface area (Å²) >= 11 is 3.10. The van der Waals surface area contributed by atoms with E-state index in [2.05, 4.69) is 22.9 Å². The van der Waals surface area contributed by atoms with E-state index < -0.39 is 5.82 Å². The number of methoxy groups -OCH3 is 1. The topological polar surface area (TPSA) is 29.5 Å². The molecule has 1 unspecified atom stereocenters. The maximum atomic E-state index is 13.6. The van der Waals surface area contributed by atoms with Gasteiger partial charge in [0.1, 0.15) is 5.82 Å². The fraction of sp³-hybridized carbons (Fsp3) is 0.533. The van der Waals surface area contributed by atoms with Crippen LogP contribution in [0.25, 0.3) is 0 Å². The highest BCUT2D eigenvalue weighted by atomic mass is 79.9. The van der Waals surface area contributed by atoms with Crippen LogP contribution in [0.15, 0.2) is 22.7 Å². The van der Waals surface area contributed by atoms with E-state index in [0.717, 1.165) is 12.8 Å². The van der Waals surface area contributed by atoms with Crippen molar-refractivity contribution >= 4 is 21.8 Å². The van der Waals surface area contributed by atoms with Gasteiger partial charge in [-0.1, -0.05) is 0 Å². The number of carbonyl (C=O) groups excluding carboxylic acids is 1. The summed E-state index contributed by atoms with van der Waals surface area (Å²) in [7, 11) is 1.61. The molecule has 0 aromatic heterocycles. The Morgan fingerprint density at radius 2 is 2.25 bits per heavy atom. The van der Waals surface area contributed by atoms with Crippen molar-refractivity contribution in [3.63, 3.8) is 0 Å². The largest absolute Gasteiger partial charge is 0.383 e. The molecule has 2 rings (SSSR count). The zero-order chi connectivity index (χ0) is 14.7. The first-order chi connectivity index (χ1) is 9.54. The SMILES string of the molecule is COCCN(C(=O)c1ccc(Br)c(F)c1)C(C)C1CC1. The number of hydrogen-bond acceptors (Lipinski definition) is 2. The molecule has 0 N–H and O–H groups in total. The fourth-order valence-corrected chi connectivity index (χ4v) is 2.55. The van der Waals surface area contributed by atoms with E-state index in [1.165, 1.54) is 6.07 Å². The Kier molecular flexibility index (Phi) is 5.16. The highest BCUT2D eigenvalue weighted by molar-refractivity contribution is 9.10. The Balaban J connectivity index is 2.17. The van der Waals surface area contributed by atoms with Crippen molar-refractivity contribution in [2.45, 2.75) is 25.8 Å². The van der Waals surface area contributed by atoms with Gasteiger partial charge in [-0.3, -0.25) is 4.79 Å². The van der Waals surface area contributed by atoms with Crippen LogP contribution in [-0.4, -0.2) is 37.1 Å². The number of benzene rings is 1. The molecule has 110 valence electrons. The lowest BCUT2D eigenvalue weighted by molar-refractivity contribution is 0.0594. The van der Waals surface area contributed by atoms with Crippen LogP contribution in [0.4, 0.5) is 4.39 Å². The minimum atomic E-state index is -0.415. The van der Waals surface area contributed by atoms with Crippen LogP contribution in [0.3, 0.4) is 0 Å². The molecular weight excluding hydrogens is 325 g/mol. The molecule has 0 heterocycles. The van der Waals surface area contributed by atoms with Crippen LogP contribution >= 0.6 is 15.9 Å². The normalized spacial score (nSPS) is 16.0. The van der Waals surface area contributed by atoms with Crippen LogP contribution in [0.1, 0.15) is 30.1 Å². The van der Waals surface area contributed by atoms with Crippen LogP contribution in [0, 0.1) is 11.7 Å². The second-order valence-electron chi connectivity index (χ2n) is 5.20. The Hall–Kier alpha value is -0.940. The molecule has 0 aliphatic heterocycles. The summed E-state index contributed by atoms with van der Waals surface area (Å²) < 4.78 is 19.0. The molecule has 1 aromatic carbocycles. The van der Waals surface area contributed by atoms with Crippen LogP contribution in [-0.2, 0) is 4.74 Å². The Labute approximate surface area is 127 Å². The van der Waals surface area contributed by atoms with E-state index in [1.54, 1.807) is 24.1 Å². The summed E-state index contributed by atoms with van der Waals surface area (Å²) in [6.45, 7) is 3.08. The minimum absolute atomic E-state index is 0.132. The van der Waals surface area contributed by atoms with E-state index in [4.69, 9.17) is 4.74 Å². The number of hydrogen-bond donors (Lipinski definition) is 0. The smallest absolute Gasteiger partial charge is 0.254 e. The number of halogens is 2. The molecule has 1 amide bonds. The molecular formula is C15H19BrFNO2. The first-order valence-corrected chi connectivity index (χ1v) is 7.59. The fourth-order valence-electron chi connectivity index (χ4n) is 2.31. The van der Waals surface area contributed by atoms with Gasteiger partial charge in [-0.25, -0.2) is 4.39 Å². The van der Waals surface area contributed by atoms with Crippen molar-refractivity contribution in [2.24, 2.45) is 5.92 Å². The number of amides is 1. The second kappa shape index (κ2) is 6.68. The third kappa shape index (κ3) is 3.58. The maximum absolute atomic E-state index is 13.6. The summed E-state index contributed by atoms with van der Waals surface area (Å²) in [5.74, 6) is 0.0190. The molecule has 0 radical (unpaired) electrons. The summed E-state index contributed by atoms with van der Waals surface area (Å²) in [5, 5.41) is 0. The summed E-state index contributed by atoms with van der Waals surface area (Å²) in [5.41, 5.74) is 0.384. The summed E-state index contributed by atoms with van der Waals surface area (Å²) in [6, 6.07) is 4.67. The number of nitrogens with zero attached hydrogens (tertiary/aromatic N) is 1. The van der Waals surface area contributed by atoms with Gasteiger partial charge >= 0.3 is 0 Å². The highest BCUT2D eigenvalue weighted by Gasteiger charge is 2.34. The molecule has 1 atom stereocenters. The number of ether oxygens (including phenoxy) is 1. The van der Waals surface area contributed by atoms with Crippen LogP contribution < -0.4 is 0 Å². The van der Waals surface area contributed by atoms with Crippen LogP contribution in [0.5, 0.6) is 0 Å². The molecule has 3 nitrogen and oxygen atoms in total. The quantitative estimate of drug-likeness (QED) is 0.791. The van der Waals surface area contributed by atoms with E-state index in [-0.39, 0.29) is 11.9 Å². The van der Waals surface area contributed by atoms with E-state index in [9.17, 15) is 9.18 Å². The van der Waals surface area contributed by atoms with Gasteiger partial charge in [0.05, 0.1) is 11.1 Å². The summed E-state index contributed by atoms with van der Waals surface area (Å²) in [4.78, 5) is 14.4. The van der Waals surface area contributed by atoms with Crippen molar-refractivity contribution in [1.82, 2.24) is 4.90 Å². The van der Waals surface area contributed by atoms with Gasteiger partial charge < -0.3 is 9.64 Å². The molecule has 0 spiro atoms. The Morgan fingerprint density at radius 3 is 2.80 bits per heavy atom. The van der Waals surface area contributed by atoms with Gasteiger partial charge in [-0.15, -0.1) is 0 Å². The Morgan fingerprint density at radius 1 is 1.55 bits per heavy atom. The van der Waals surface area contributed by atoms with Gasteiger partial charge in [0.15, 0.2) is 0 Å². The third-order valence-electron chi connectivity index (χ3n) is 3.76. The van der Waals surface area contributed by atoms with Crippen molar-refractivity contribution in [3.8, 4) is 0 Å². The number of carbonyl (C=O) groups is 1. The second-order valence-corrected chi connectivity index (χ2v) is 6.05. The number of rotatable bonds is 6. The lowest BCUT2D eigenvalue weighted by Gasteiger charge is -2.29. The maximum Gasteiger partial charge on any atom is 0.254 e. The first-order valence-electron chi connectivity index (χ1n) is 6.79. The van der Waals surface area contributed by atoms with Gasteiger partial charge in [0.2, 0.25) is 0 Å². The van der Waals surface area contributed by atoms with Crippen molar-refractivity contribution in [3.05, 3.63) is 34.1 Å². The standard InChI is InChI=1S/C15H19BrFNO2/c1-10(11-3-4-11)18(7-8-20-2)15(19)12-5-6-13(16)14(17)9-12/h5-6,9-11H,3-4,7-8H2,1-2H3. The molecule has 1 fully saturated rings. The van der Waals surface area contributed by atoms with Crippen LogP contribution in [0.2, 0.25) is 0 Å². The zero-order valence-corrected chi connectivity index (χ0v) is 13.3. The lowest BCUT2D eigenvalue weighted by atomic mass is 10.1. The molecule has 20 heavy (non-hydrogen) atoms. The molecule has 0 saturated heterocycles. The molecule has 1 aliphatic rings. The average molecular weight is 344 g/mol. The van der Waals surface area contributed by atoms with Gasteiger partial charge in [0, 0.05) is 25.3 Å².